The number of hydrogen-bond donors (Lipinski definition) is 1. The minimum Gasteiger partial charge on any atom is -0.493 e. The number of aromatic nitrogens is 3. The molecule has 23 heavy (non-hydrogen) atoms. The quantitative estimate of drug-likeness (QED) is 0.420. The van der Waals surface area contributed by atoms with Gasteiger partial charge in [0.25, 0.3) is 0 Å². The molecule has 2 aromatic carbocycles. The first-order chi connectivity index (χ1) is 11.2. The molecule has 0 saturated heterocycles. The fourth-order valence-corrected chi connectivity index (χ4v) is 2.78. The van der Waals surface area contributed by atoms with Gasteiger partial charge in [-0.05, 0) is 36.4 Å². The van der Waals surface area contributed by atoms with E-state index >= 15 is 0 Å². The molecule has 0 aliphatic carbocycles. The minimum absolute atomic E-state index is 0.567. The summed E-state index contributed by atoms with van der Waals surface area (Å²) in [5, 5.41) is 9.57. The van der Waals surface area contributed by atoms with E-state index in [2.05, 4.69) is 10.2 Å². The van der Waals surface area contributed by atoms with Crippen molar-refractivity contribution in [3.05, 3.63) is 59.6 Å². The number of nitrogens with two attached hydrogens (primary N) is 1. The molecule has 118 valence electrons. The van der Waals surface area contributed by atoms with Crippen LogP contribution >= 0.6 is 23.4 Å². The van der Waals surface area contributed by atoms with E-state index in [0.717, 1.165) is 17.1 Å². The van der Waals surface area contributed by atoms with E-state index in [9.17, 15) is 0 Å². The van der Waals surface area contributed by atoms with Crippen molar-refractivity contribution in [2.45, 2.75) is 5.16 Å². The summed E-state index contributed by atoms with van der Waals surface area (Å²) in [5.74, 6) is 8.25. The summed E-state index contributed by atoms with van der Waals surface area (Å²) in [5.41, 5.74) is 0.872. The Morgan fingerprint density at radius 3 is 2.52 bits per heavy atom. The van der Waals surface area contributed by atoms with Crippen LogP contribution in [0.15, 0.2) is 59.8 Å². The summed E-state index contributed by atoms with van der Waals surface area (Å²) in [6.07, 6.45) is 0. The van der Waals surface area contributed by atoms with Gasteiger partial charge in [-0.15, -0.1) is 10.2 Å². The van der Waals surface area contributed by atoms with Crippen LogP contribution in [0.3, 0.4) is 0 Å². The highest BCUT2D eigenvalue weighted by Crippen LogP contribution is 2.23. The molecule has 0 saturated carbocycles. The molecule has 3 rings (SSSR count). The van der Waals surface area contributed by atoms with Gasteiger partial charge in [-0.3, -0.25) is 0 Å². The van der Waals surface area contributed by atoms with Crippen molar-refractivity contribution in [2.24, 2.45) is 0 Å². The average Bonchev–Trinajstić information content (AvgIpc) is 2.94. The molecule has 7 heteroatoms. The molecule has 0 fully saturated rings. The summed E-state index contributed by atoms with van der Waals surface area (Å²) in [4.78, 5) is 0. The number of nitrogen functional groups attached to an aromatic ring is 1. The molecule has 2 N–H and O–H groups in total. The highest BCUT2D eigenvalue weighted by Gasteiger charge is 2.12. The highest BCUT2D eigenvalue weighted by molar-refractivity contribution is 7.99. The topological polar surface area (TPSA) is 66.0 Å². The second-order valence-electron chi connectivity index (χ2n) is 4.69. The summed E-state index contributed by atoms with van der Waals surface area (Å²) < 4.78 is 7.12. The van der Waals surface area contributed by atoms with Crippen LogP contribution in [0.2, 0.25) is 5.02 Å². The fourth-order valence-electron chi connectivity index (χ4n) is 1.98. The lowest BCUT2D eigenvalue weighted by Gasteiger charge is -2.06. The Kier molecular flexibility index (Phi) is 5.05. The van der Waals surface area contributed by atoms with E-state index in [1.54, 1.807) is 12.1 Å². The van der Waals surface area contributed by atoms with Crippen LogP contribution in [0.1, 0.15) is 0 Å². The number of rotatable bonds is 6. The van der Waals surface area contributed by atoms with Crippen LogP contribution < -0.4 is 10.6 Å². The maximum atomic E-state index is 6.06. The van der Waals surface area contributed by atoms with Gasteiger partial charge in [-0.2, -0.15) is 0 Å². The van der Waals surface area contributed by atoms with E-state index in [1.165, 1.54) is 16.4 Å². The SMILES string of the molecule is Nn1c(SCCOc2ccccc2)nnc1-c1ccc(Cl)cc1. The third-order valence-electron chi connectivity index (χ3n) is 3.09. The van der Waals surface area contributed by atoms with Crippen molar-refractivity contribution in [3.8, 4) is 17.1 Å². The first kappa shape index (κ1) is 15.7. The Labute approximate surface area is 143 Å². The lowest BCUT2D eigenvalue weighted by molar-refractivity contribution is 0.344. The van der Waals surface area contributed by atoms with Gasteiger partial charge in [0.1, 0.15) is 5.75 Å². The van der Waals surface area contributed by atoms with Crippen LogP contribution in [-0.4, -0.2) is 27.2 Å². The van der Waals surface area contributed by atoms with E-state index in [4.69, 9.17) is 22.2 Å². The van der Waals surface area contributed by atoms with E-state index in [1.807, 2.05) is 42.5 Å². The fraction of sp³-hybridized carbons (Fsp3) is 0.125. The van der Waals surface area contributed by atoms with Gasteiger partial charge in [-0.25, -0.2) is 4.68 Å². The molecule has 0 radical (unpaired) electrons. The smallest absolute Gasteiger partial charge is 0.210 e. The van der Waals surface area contributed by atoms with Crippen LogP contribution in [0.5, 0.6) is 5.75 Å². The molecule has 1 heterocycles. The number of ether oxygens (including phenoxy) is 1. The summed E-state index contributed by atoms with van der Waals surface area (Å²) in [6, 6.07) is 17.0. The molecule has 5 nitrogen and oxygen atoms in total. The van der Waals surface area contributed by atoms with Crippen LogP contribution in [-0.2, 0) is 0 Å². The normalized spacial score (nSPS) is 10.7. The molecular weight excluding hydrogens is 332 g/mol. The molecule has 0 atom stereocenters. The molecule has 0 aliphatic rings. The predicted octanol–water partition coefficient (Wildman–Crippen LogP) is 3.48. The Morgan fingerprint density at radius 1 is 1.04 bits per heavy atom. The molecule has 3 aromatic rings. The van der Waals surface area contributed by atoms with Gasteiger partial charge in [0.2, 0.25) is 5.16 Å². The van der Waals surface area contributed by atoms with E-state index in [0.29, 0.717) is 22.6 Å². The summed E-state index contributed by atoms with van der Waals surface area (Å²) in [6.45, 7) is 0.567. The monoisotopic (exact) mass is 346 g/mol. The van der Waals surface area contributed by atoms with Gasteiger partial charge in [0.05, 0.1) is 6.61 Å². The second-order valence-corrected chi connectivity index (χ2v) is 6.19. The predicted molar refractivity (Wildman–Crippen MR) is 93.3 cm³/mol. The van der Waals surface area contributed by atoms with Gasteiger partial charge in [-0.1, -0.05) is 41.6 Å². The molecular formula is C16H15ClN4OS. The minimum atomic E-state index is 0.567. The zero-order valence-electron chi connectivity index (χ0n) is 12.2. The first-order valence-corrected chi connectivity index (χ1v) is 8.37. The summed E-state index contributed by atoms with van der Waals surface area (Å²) in [7, 11) is 0. The van der Waals surface area contributed by atoms with Crippen molar-refractivity contribution >= 4 is 23.4 Å². The number of benzene rings is 2. The molecule has 0 spiro atoms. The van der Waals surface area contributed by atoms with Crippen LogP contribution in [0.25, 0.3) is 11.4 Å². The molecule has 0 aliphatic heterocycles. The highest BCUT2D eigenvalue weighted by atomic mass is 35.5. The number of para-hydroxylation sites is 1. The third kappa shape index (κ3) is 3.97. The van der Waals surface area contributed by atoms with Crippen LogP contribution in [0, 0.1) is 0 Å². The van der Waals surface area contributed by atoms with E-state index in [-0.39, 0.29) is 0 Å². The average molecular weight is 347 g/mol. The molecule has 0 unspecified atom stereocenters. The van der Waals surface area contributed by atoms with Crippen molar-refractivity contribution < 1.29 is 4.74 Å². The zero-order chi connectivity index (χ0) is 16.1. The molecule has 0 amide bonds. The van der Waals surface area contributed by atoms with Gasteiger partial charge >= 0.3 is 0 Å². The Balaban J connectivity index is 1.58. The van der Waals surface area contributed by atoms with Gasteiger partial charge < -0.3 is 10.6 Å². The first-order valence-electron chi connectivity index (χ1n) is 7.01. The Morgan fingerprint density at radius 2 is 1.78 bits per heavy atom. The van der Waals surface area contributed by atoms with Gasteiger partial charge in [0.15, 0.2) is 5.82 Å². The van der Waals surface area contributed by atoms with Crippen molar-refractivity contribution in [3.63, 3.8) is 0 Å². The largest absolute Gasteiger partial charge is 0.493 e. The lowest BCUT2D eigenvalue weighted by atomic mass is 10.2. The van der Waals surface area contributed by atoms with Crippen molar-refractivity contribution in [1.29, 1.82) is 0 Å². The van der Waals surface area contributed by atoms with Crippen LogP contribution in [0.4, 0.5) is 0 Å². The van der Waals surface area contributed by atoms with Gasteiger partial charge in [0, 0.05) is 16.3 Å². The maximum absolute atomic E-state index is 6.06. The Hall–Kier alpha value is -2.18. The summed E-state index contributed by atoms with van der Waals surface area (Å²) >= 11 is 7.39. The lowest BCUT2D eigenvalue weighted by Crippen LogP contribution is -2.12. The third-order valence-corrected chi connectivity index (χ3v) is 4.25. The molecule has 1 aromatic heterocycles. The van der Waals surface area contributed by atoms with Crippen molar-refractivity contribution in [1.82, 2.24) is 14.9 Å². The number of thioether (sulfide) groups is 1. The standard InChI is InChI=1S/C16H15ClN4OS/c17-13-8-6-12(7-9-13)15-19-20-16(21(15)18)23-11-10-22-14-4-2-1-3-5-14/h1-9H,10-11,18H2. The number of nitrogens with zero attached hydrogens (tertiary/aromatic N) is 3. The Bertz CT molecular complexity index is 762. The van der Waals surface area contributed by atoms with E-state index < -0.39 is 0 Å². The zero-order valence-corrected chi connectivity index (χ0v) is 13.8. The second kappa shape index (κ2) is 7.39. The maximum Gasteiger partial charge on any atom is 0.210 e. The van der Waals surface area contributed by atoms with Crippen molar-refractivity contribution in [2.75, 3.05) is 18.2 Å². The molecule has 0 bridgehead atoms. The number of hydrogen-bond acceptors (Lipinski definition) is 5. The number of halogens is 1.